The fourth-order valence-electron chi connectivity index (χ4n) is 3.88. The number of hydrogen-bond donors (Lipinski definition) is 1. The van der Waals surface area contributed by atoms with Gasteiger partial charge in [0.25, 0.3) is 0 Å². The topological polar surface area (TPSA) is 78.6 Å². The van der Waals surface area contributed by atoms with Gasteiger partial charge in [-0.25, -0.2) is 8.42 Å². The molecule has 0 bridgehead atoms. The summed E-state index contributed by atoms with van der Waals surface area (Å²) in [5.74, 6) is 0.530. The highest BCUT2D eigenvalue weighted by Crippen LogP contribution is 2.63. The second-order valence-electron chi connectivity index (χ2n) is 6.90. The summed E-state index contributed by atoms with van der Waals surface area (Å²) in [6, 6.07) is 14.5. The maximum absolute atomic E-state index is 13.3. The van der Waals surface area contributed by atoms with Gasteiger partial charge in [0.2, 0.25) is 0 Å². The maximum Gasteiger partial charge on any atom is 0.182 e. The van der Waals surface area contributed by atoms with Gasteiger partial charge in [-0.1, -0.05) is 29.8 Å². The Morgan fingerprint density at radius 1 is 1.04 bits per heavy atom. The van der Waals surface area contributed by atoms with Gasteiger partial charge in [-0.3, -0.25) is 0 Å². The molecule has 0 heterocycles. The molecule has 0 unspecified atom stereocenters. The van der Waals surface area contributed by atoms with E-state index in [1.807, 2.05) is 43.3 Å². The van der Waals surface area contributed by atoms with Crippen LogP contribution >= 0.6 is 0 Å². The Bertz CT molecular complexity index is 862. The van der Waals surface area contributed by atoms with Crippen molar-refractivity contribution in [2.45, 2.75) is 23.0 Å². The van der Waals surface area contributed by atoms with Crippen LogP contribution in [0.5, 0.6) is 5.75 Å². The van der Waals surface area contributed by atoms with E-state index in [4.69, 9.17) is 15.2 Å². The molecule has 1 fully saturated rings. The second kappa shape index (κ2) is 7.02. The first-order chi connectivity index (χ1) is 12.4. The second-order valence-corrected chi connectivity index (χ2v) is 8.97. The Morgan fingerprint density at radius 3 is 2.15 bits per heavy atom. The molecule has 5 nitrogen and oxygen atoms in total. The molecule has 2 N–H and O–H groups in total. The minimum Gasteiger partial charge on any atom is -0.497 e. The molecule has 6 heteroatoms. The standard InChI is InChI=1S/C20H25NO4S/c1-14-4-10-17(11-5-14)26(22,23)19-18(20(19,12-21)13-24-2)15-6-8-16(25-3)9-7-15/h4-11,18-19H,12-13,21H2,1-3H3/t18-,19-,20-/m0/s1. The minimum atomic E-state index is -3.53. The molecule has 1 aliphatic carbocycles. The summed E-state index contributed by atoms with van der Waals surface area (Å²) >= 11 is 0. The number of aryl methyl sites for hydroxylation is 1. The molecular weight excluding hydrogens is 350 g/mol. The predicted octanol–water partition coefficient (Wildman–Crippen LogP) is 2.53. The maximum atomic E-state index is 13.3. The van der Waals surface area contributed by atoms with E-state index in [1.165, 1.54) is 0 Å². The predicted molar refractivity (Wildman–Crippen MR) is 101 cm³/mol. The summed E-state index contributed by atoms with van der Waals surface area (Å²) in [5.41, 5.74) is 7.40. The summed E-state index contributed by atoms with van der Waals surface area (Å²) in [4.78, 5) is 0.332. The first-order valence-corrected chi connectivity index (χ1v) is 10.1. The van der Waals surface area contributed by atoms with Crippen molar-refractivity contribution < 1.29 is 17.9 Å². The van der Waals surface area contributed by atoms with Gasteiger partial charge in [0.15, 0.2) is 9.84 Å². The molecule has 0 radical (unpaired) electrons. The third-order valence-corrected chi connectivity index (χ3v) is 7.67. The Morgan fingerprint density at radius 2 is 1.65 bits per heavy atom. The summed E-state index contributed by atoms with van der Waals surface area (Å²) < 4.78 is 37.2. The van der Waals surface area contributed by atoms with Gasteiger partial charge >= 0.3 is 0 Å². The molecule has 0 aliphatic heterocycles. The Balaban J connectivity index is 2.03. The lowest BCUT2D eigenvalue weighted by Crippen LogP contribution is -2.28. The van der Waals surface area contributed by atoms with Gasteiger partial charge in [-0.2, -0.15) is 0 Å². The number of ether oxygens (including phenoxy) is 2. The quantitative estimate of drug-likeness (QED) is 0.805. The molecule has 1 saturated carbocycles. The molecule has 3 rings (SSSR count). The largest absolute Gasteiger partial charge is 0.497 e. The molecule has 3 atom stereocenters. The lowest BCUT2D eigenvalue weighted by molar-refractivity contribution is 0.142. The zero-order valence-corrected chi connectivity index (χ0v) is 16.1. The average molecular weight is 375 g/mol. The number of hydrogen-bond acceptors (Lipinski definition) is 5. The van der Waals surface area contributed by atoms with Gasteiger partial charge in [-0.05, 0) is 36.8 Å². The molecule has 0 spiro atoms. The number of nitrogens with two attached hydrogens (primary N) is 1. The van der Waals surface area contributed by atoms with E-state index >= 15 is 0 Å². The molecule has 0 amide bonds. The van der Waals surface area contributed by atoms with Gasteiger partial charge in [-0.15, -0.1) is 0 Å². The van der Waals surface area contributed by atoms with E-state index in [0.717, 1.165) is 16.9 Å². The SMILES string of the molecule is COC[C@@]1(CN)[C@@H](c2ccc(OC)cc2)[C@@H]1S(=O)(=O)c1ccc(C)cc1. The van der Waals surface area contributed by atoms with Crippen molar-refractivity contribution in [2.24, 2.45) is 11.1 Å². The van der Waals surface area contributed by atoms with Crippen molar-refractivity contribution in [3.05, 3.63) is 59.7 Å². The van der Waals surface area contributed by atoms with Crippen molar-refractivity contribution in [1.29, 1.82) is 0 Å². The first kappa shape index (κ1) is 18.9. The van der Waals surface area contributed by atoms with E-state index in [-0.39, 0.29) is 12.5 Å². The fraction of sp³-hybridized carbons (Fsp3) is 0.400. The normalized spacial score (nSPS) is 25.1. The van der Waals surface area contributed by atoms with E-state index in [2.05, 4.69) is 0 Å². The lowest BCUT2D eigenvalue weighted by Gasteiger charge is -2.15. The molecule has 2 aromatic rings. The molecule has 1 aliphatic rings. The number of sulfone groups is 1. The van der Waals surface area contributed by atoms with Crippen LogP contribution in [-0.2, 0) is 14.6 Å². The molecule has 0 aromatic heterocycles. The average Bonchev–Trinajstić information content (AvgIpc) is 3.32. The minimum absolute atomic E-state index is 0.204. The fourth-order valence-corrected chi connectivity index (χ4v) is 6.32. The monoisotopic (exact) mass is 375 g/mol. The highest BCUT2D eigenvalue weighted by Gasteiger charge is 2.70. The first-order valence-electron chi connectivity index (χ1n) is 8.54. The third kappa shape index (κ3) is 3.02. The Labute approximate surface area is 155 Å². The Hall–Kier alpha value is -1.89. The van der Waals surface area contributed by atoms with Crippen LogP contribution in [0, 0.1) is 12.3 Å². The van der Waals surface area contributed by atoms with E-state index in [1.54, 1.807) is 26.4 Å². The summed E-state index contributed by atoms with van der Waals surface area (Å²) in [7, 11) is -0.346. The lowest BCUT2D eigenvalue weighted by atomic mass is 10.00. The van der Waals surface area contributed by atoms with Gasteiger partial charge in [0.05, 0.1) is 23.9 Å². The van der Waals surface area contributed by atoms with Crippen LogP contribution in [-0.4, -0.2) is 41.0 Å². The smallest absolute Gasteiger partial charge is 0.182 e. The van der Waals surface area contributed by atoms with E-state index < -0.39 is 20.5 Å². The molecule has 2 aromatic carbocycles. The number of methoxy groups -OCH3 is 2. The van der Waals surface area contributed by atoms with Crippen molar-refractivity contribution in [3.8, 4) is 5.75 Å². The summed E-state index contributed by atoms with van der Waals surface area (Å²) in [6.07, 6.45) is 0. The van der Waals surface area contributed by atoms with Crippen LogP contribution in [0.25, 0.3) is 0 Å². The summed E-state index contributed by atoms with van der Waals surface area (Å²) in [6.45, 7) is 2.48. The van der Waals surface area contributed by atoms with Crippen molar-refractivity contribution in [2.75, 3.05) is 27.4 Å². The van der Waals surface area contributed by atoms with Crippen LogP contribution in [0.2, 0.25) is 0 Å². The van der Waals surface area contributed by atoms with E-state index in [9.17, 15) is 8.42 Å². The van der Waals surface area contributed by atoms with Gasteiger partial charge in [0.1, 0.15) is 5.75 Å². The van der Waals surface area contributed by atoms with Crippen molar-refractivity contribution >= 4 is 9.84 Å². The van der Waals surface area contributed by atoms with Crippen LogP contribution in [0.15, 0.2) is 53.4 Å². The van der Waals surface area contributed by atoms with Crippen LogP contribution in [0.3, 0.4) is 0 Å². The molecule has 140 valence electrons. The Kier molecular flexibility index (Phi) is 5.10. The highest BCUT2D eigenvalue weighted by molar-refractivity contribution is 7.92. The van der Waals surface area contributed by atoms with Crippen LogP contribution < -0.4 is 10.5 Å². The molecule has 0 saturated heterocycles. The zero-order chi connectivity index (χ0) is 18.9. The summed E-state index contributed by atoms with van der Waals surface area (Å²) in [5, 5.41) is -0.601. The highest BCUT2D eigenvalue weighted by atomic mass is 32.2. The third-order valence-electron chi connectivity index (χ3n) is 5.33. The zero-order valence-electron chi connectivity index (χ0n) is 15.3. The number of rotatable bonds is 7. The molecule has 26 heavy (non-hydrogen) atoms. The van der Waals surface area contributed by atoms with Crippen LogP contribution in [0.4, 0.5) is 0 Å². The van der Waals surface area contributed by atoms with Crippen molar-refractivity contribution in [3.63, 3.8) is 0 Å². The molecular formula is C20H25NO4S. The number of benzene rings is 2. The van der Waals surface area contributed by atoms with E-state index in [0.29, 0.717) is 11.5 Å². The van der Waals surface area contributed by atoms with Gasteiger partial charge in [0, 0.05) is 25.0 Å². The van der Waals surface area contributed by atoms with Crippen LogP contribution in [0.1, 0.15) is 17.0 Å². The van der Waals surface area contributed by atoms with Gasteiger partial charge < -0.3 is 15.2 Å². The van der Waals surface area contributed by atoms with Crippen molar-refractivity contribution in [1.82, 2.24) is 0 Å².